The number of amides is 1. The van der Waals surface area contributed by atoms with Gasteiger partial charge in [0.05, 0.1) is 17.6 Å². The molecule has 2 aromatic rings. The summed E-state index contributed by atoms with van der Waals surface area (Å²) in [7, 11) is 1.29. The Morgan fingerprint density at radius 2 is 2.33 bits per heavy atom. The summed E-state index contributed by atoms with van der Waals surface area (Å²) in [5, 5.41) is 13.6. The number of aromatic nitrogens is 2. The highest BCUT2D eigenvalue weighted by Gasteiger charge is 2.22. The van der Waals surface area contributed by atoms with Gasteiger partial charge < -0.3 is 15.0 Å². The molecule has 110 valence electrons. The first-order valence-corrected chi connectivity index (χ1v) is 6.21. The molecule has 8 heteroatoms. The Kier molecular flexibility index (Phi) is 4.50. The molecule has 1 amide bonds. The fourth-order valence-corrected chi connectivity index (χ4v) is 1.89. The van der Waals surface area contributed by atoms with Crippen molar-refractivity contribution in [3.8, 4) is 5.75 Å². The Labute approximate surface area is 120 Å². The first-order chi connectivity index (χ1) is 10.1. The minimum absolute atomic E-state index is 0.0435. The van der Waals surface area contributed by atoms with Gasteiger partial charge in [0.15, 0.2) is 0 Å². The van der Waals surface area contributed by atoms with Gasteiger partial charge in [0.1, 0.15) is 5.82 Å². The number of benzene rings is 1. The fraction of sp³-hybridized carbons (Fsp3) is 0.231. The Balaban J connectivity index is 2.08. The third-order valence-corrected chi connectivity index (χ3v) is 2.84. The average Bonchev–Trinajstić information content (AvgIpc) is 2.99. The van der Waals surface area contributed by atoms with Crippen molar-refractivity contribution < 1.29 is 14.5 Å². The van der Waals surface area contributed by atoms with Crippen LogP contribution in [0.3, 0.4) is 0 Å². The van der Waals surface area contributed by atoms with E-state index in [-0.39, 0.29) is 17.0 Å². The highest BCUT2D eigenvalue weighted by atomic mass is 16.6. The molecule has 1 heterocycles. The Hall–Kier alpha value is -2.90. The van der Waals surface area contributed by atoms with Crippen molar-refractivity contribution in [2.24, 2.45) is 0 Å². The summed E-state index contributed by atoms with van der Waals surface area (Å²) in [5.74, 6) is 0.279. The number of nitro groups is 1. The van der Waals surface area contributed by atoms with Gasteiger partial charge in [0, 0.05) is 31.4 Å². The molecule has 21 heavy (non-hydrogen) atoms. The van der Waals surface area contributed by atoms with Crippen molar-refractivity contribution in [1.82, 2.24) is 15.3 Å². The maximum Gasteiger partial charge on any atom is 0.311 e. The second kappa shape index (κ2) is 6.51. The first kappa shape index (κ1) is 14.5. The Morgan fingerprint density at radius 3 is 2.95 bits per heavy atom. The van der Waals surface area contributed by atoms with E-state index in [1.54, 1.807) is 12.4 Å². The minimum Gasteiger partial charge on any atom is -0.490 e. The molecule has 0 saturated carbocycles. The number of carbonyl (C=O) groups excluding carboxylic acids is 1. The van der Waals surface area contributed by atoms with E-state index >= 15 is 0 Å². The SMILES string of the molecule is COc1c(C(=O)NCCc2ncc[nH]2)cccc1[N+](=O)[O-]. The molecule has 0 atom stereocenters. The second-order valence-electron chi connectivity index (χ2n) is 4.16. The topological polar surface area (TPSA) is 110 Å². The molecule has 2 rings (SSSR count). The van der Waals surface area contributed by atoms with Crippen LogP contribution in [0.5, 0.6) is 5.75 Å². The van der Waals surface area contributed by atoms with Gasteiger partial charge in [-0.2, -0.15) is 0 Å². The molecule has 2 N–H and O–H groups in total. The summed E-state index contributed by atoms with van der Waals surface area (Å²) in [6, 6.07) is 4.22. The number of rotatable bonds is 6. The van der Waals surface area contributed by atoms with Crippen molar-refractivity contribution >= 4 is 11.6 Å². The Morgan fingerprint density at radius 1 is 1.52 bits per heavy atom. The lowest BCUT2D eigenvalue weighted by Gasteiger charge is -2.09. The van der Waals surface area contributed by atoms with Crippen LogP contribution in [0, 0.1) is 10.1 Å². The van der Waals surface area contributed by atoms with Crippen molar-refractivity contribution in [2.75, 3.05) is 13.7 Å². The van der Waals surface area contributed by atoms with Gasteiger partial charge in [-0.3, -0.25) is 14.9 Å². The lowest BCUT2D eigenvalue weighted by Crippen LogP contribution is -2.26. The number of nitrogens with zero attached hydrogens (tertiary/aromatic N) is 2. The van der Waals surface area contributed by atoms with Crippen LogP contribution in [0.1, 0.15) is 16.2 Å². The maximum absolute atomic E-state index is 12.1. The lowest BCUT2D eigenvalue weighted by atomic mass is 10.1. The van der Waals surface area contributed by atoms with Gasteiger partial charge >= 0.3 is 5.69 Å². The first-order valence-electron chi connectivity index (χ1n) is 6.21. The Bertz CT molecular complexity index is 640. The molecule has 0 unspecified atom stereocenters. The van der Waals surface area contributed by atoms with Crippen LogP contribution < -0.4 is 10.1 Å². The normalized spacial score (nSPS) is 10.1. The van der Waals surface area contributed by atoms with E-state index in [1.807, 2.05) is 0 Å². The van der Waals surface area contributed by atoms with E-state index in [1.165, 1.54) is 25.3 Å². The number of carbonyl (C=O) groups is 1. The smallest absolute Gasteiger partial charge is 0.311 e. The summed E-state index contributed by atoms with van der Waals surface area (Å²) in [5.41, 5.74) is -0.109. The zero-order valence-electron chi connectivity index (χ0n) is 11.3. The molecular weight excluding hydrogens is 276 g/mol. The van der Waals surface area contributed by atoms with Crippen LogP contribution in [-0.2, 0) is 6.42 Å². The summed E-state index contributed by atoms with van der Waals surface area (Å²) in [6.45, 7) is 0.359. The van der Waals surface area contributed by atoms with Crippen LogP contribution in [0.15, 0.2) is 30.6 Å². The predicted molar refractivity (Wildman–Crippen MR) is 74.3 cm³/mol. The summed E-state index contributed by atoms with van der Waals surface area (Å²) >= 11 is 0. The van der Waals surface area contributed by atoms with Gasteiger partial charge in [-0.15, -0.1) is 0 Å². The number of hydrogen-bond acceptors (Lipinski definition) is 5. The molecule has 0 spiro atoms. The fourth-order valence-electron chi connectivity index (χ4n) is 1.89. The number of hydrogen-bond donors (Lipinski definition) is 2. The van der Waals surface area contributed by atoms with Crippen LogP contribution >= 0.6 is 0 Å². The van der Waals surface area contributed by atoms with E-state index in [4.69, 9.17) is 4.74 Å². The number of nitro benzene ring substituents is 1. The zero-order valence-corrected chi connectivity index (χ0v) is 11.3. The van der Waals surface area contributed by atoms with Crippen LogP contribution in [0.25, 0.3) is 0 Å². The number of methoxy groups -OCH3 is 1. The van der Waals surface area contributed by atoms with Crippen molar-refractivity contribution in [3.05, 3.63) is 52.1 Å². The third kappa shape index (κ3) is 3.35. The number of imidazole rings is 1. The van der Waals surface area contributed by atoms with Crippen molar-refractivity contribution in [3.63, 3.8) is 0 Å². The van der Waals surface area contributed by atoms with Crippen molar-refractivity contribution in [1.29, 1.82) is 0 Å². The highest BCUT2D eigenvalue weighted by Crippen LogP contribution is 2.30. The summed E-state index contributed by atoms with van der Waals surface area (Å²) in [6.07, 6.45) is 3.86. The van der Waals surface area contributed by atoms with Crippen LogP contribution in [0.2, 0.25) is 0 Å². The largest absolute Gasteiger partial charge is 0.490 e. The predicted octanol–water partition coefficient (Wildman–Crippen LogP) is 1.30. The third-order valence-electron chi connectivity index (χ3n) is 2.84. The quantitative estimate of drug-likeness (QED) is 0.615. The molecule has 1 aromatic carbocycles. The molecule has 0 fully saturated rings. The van der Waals surface area contributed by atoms with E-state index in [9.17, 15) is 14.9 Å². The molecule has 0 aliphatic heterocycles. The number of aromatic amines is 1. The zero-order chi connectivity index (χ0) is 15.2. The number of nitrogens with one attached hydrogen (secondary N) is 2. The molecule has 0 saturated heterocycles. The van der Waals surface area contributed by atoms with Gasteiger partial charge in [-0.05, 0) is 6.07 Å². The molecule has 8 nitrogen and oxygen atoms in total. The molecule has 0 aliphatic carbocycles. The van der Waals surface area contributed by atoms with Gasteiger partial charge in [-0.1, -0.05) is 6.07 Å². The summed E-state index contributed by atoms with van der Waals surface area (Å²) < 4.78 is 4.99. The van der Waals surface area contributed by atoms with Crippen LogP contribution in [0.4, 0.5) is 5.69 Å². The van der Waals surface area contributed by atoms with E-state index in [2.05, 4.69) is 15.3 Å². The molecule has 1 aromatic heterocycles. The summed E-state index contributed by atoms with van der Waals surface area (Å²) in [4.78, 5) is 29.4. The number of H-pyrrole nitrogens is 1. The van der Waals surface area contributed by atoms with E-state index in [0.29, 0.717) is 13.0 Å². The molecule has 0 bridgehead atoms. The maximum atomic E-state index is 12.1. The number of para-hydroxylation sites is 1. The van der Waals surface area contributed by atoms with Crippen molar-refractivity contribution in [2.45, 2.75) is 6.42 Å². The van der Waals surface area contributed by atoms with E-state index < -0.39 is 10.8 Å². The lowest BCUT2D eigenvalue weighted by molar-refractivity contribution is -0.385. The molecule has 0 radical (unpaired) electrons. The molecular formula is C13H14N4O4. The van der Waals surface area contributed by atoms with Gasteiger partial charge in [-0.25, -0.2) is 4.98 Å². The monoisotopic (exact) mass is 290 g/mol. The molecule has 0 aliphatic rings. The second-order valence-corrected chi connectivity index (χ2v) is 4.16. The highest BCUT2D eigenvalue weighted by molar-refractivity contribution is 5.98. The van der Waals surface area contributed by atoms with E-state index in [0.717, 1.165) is 5.82 Å². The van der Waals surface area contributed by atoms with Crippen LogP contribution in [-0.4, -0.2) is 34.5 Å². The standard InChI is InChI=1S/C13H14N4O4/c1-21-12-9(3-2-4-10(12)17(19)20)13(18)16-6-5-11-14-7-8-15-11/h2-4,7-8H,5-6H2,1H3,(H,14,15)(H,16,18). The number of ether oxygens (including phenoxy) is 1. The van der Waals surface area contributed by atoms with Gasteiger partial charge in [0.2, 0.25) is 5.75 Å². The average molecular weight is 290 g/mol. The van der Waals surface area contributed by atoms with Gasteiger partial charge in [0.25, 0.3) is 5.91 Å². The minimum atomic E-state index is -0.585.